The largest absolute Gasteiger partial charge is 0.353 e. The molecule has 19 heavy (non-hydrogen) atoms. The highest BCUT2D eigenvalue weighted by Crippen LogP contribution is 2.28. The molecule has 1 heterocycles. The van der Waals surface area contributed by atoms with Gasteiger partial charge < -0.3 is 5.32 Å². The smallest absolute Gasteiger partial charge is 0.220 e. The van der Waals surface area contributed by atoms with Crippen LogP contribution in [-0.4, -0.2) is 21.7 Å². The molecular formula is C15H25N3O. The van der Waals surface area contributed by atoms with Gasteiger partial charge in [-0.25, -0.2) is 0 Å². The zero-order valence-corrected chi connectivity index (χ0v) is 12.2. The SMILES string of the molecule is C[C@@H]1CCC[C@@H](C)C1NC(=O)CCc1cnn(C)c1. The lowest BCUT2D eigenvalue weighted by atomic mass is 9.78. The molecule has 4 heteroatoms. The predicted molar refractivity (Wildman–Crippen MR) is 75.6 cm³/mol. The zero-order valence-electron chi connectivity index (χ0n) is 12.2. The van der Waals surface area contributed by atoms with Crippen molar-refractivity contribution in [3.63, 3.8) is 0 Å². The van der Waals surface area contributed by atoms with Gasteiger partial charge in [-0.3, -0.25) is 9.48 Å². The summed E-state index contributed by atoms with van der Waals surface area (Å²) in [5.74, 6) is 1.38. The molecule has 1 aliphatic carbocycles. The van der Waals surface area contributed by atoms with E-state index < -0.39 is 0 Å². The Bertz CT molecular complexity index is 417. The van der Waals surface area contributed by atoms with E-state index in [1.165, 1.54) is 19.3 Å². The van der Waals surface area contributed by atoms with Crippen molar-refractivity contribution in [3.05, 3.63) is 18.0 Å². The second-order valence-corrected chi connectivity index (χ2v) is 6.00. The normalized spacial score (nSPS) is 24.4. The Morgan fingerprint density at radius 1 is 1.42 bits per heavy atom. The zero-order chi connectivity index (χ0) is 13.8. The molecule has 1 aromatic heterocycles. The first-order chi connectivity index (χ1) is 9.06. The van der Waals surface area contributed by atoms with Gasteiger partial charge in [0.1, 0.15) is 0 Å². The van der Waals surface area contributed by atoms with Crippen molar-refractivity contribution in [1.82, 2.24) is 15.1 Å². The number of aryl methyl sites for hydroxylation is 2. The van der Waals surface area contributed by atoms with Gasteiger partial charge in [0.05, 0.1) is 6.20 Å². The molecular weight excluding hydrogens is 238 g/mol. The van der Waals surface area contributed by atoms with Crippen LogP contribution in [0.4, 0.5) is 0 Å². The number of hydrogen-bond donors (Lipinski definition) is 1. The summed E-state index contributed by atoms with van der Waals surface area (Å²) in [4.78, 5) is 12.0. The first kappa shape index (κ1) is 14.1. The fourth-order valence-electron chi connectivity index (χ4n) is 3.08. The second kappa shape index (κ2) is 6.22. The van der Waals surface area contributed by atoms with Gasteiger partial charge in [-0.05, 0) is 36.7 Å². The van der Waals surface area contributed by atoms with E-state index in [-0.39, 0.29) is 5.91 Å². The van der Waals surface area contributed by atoms with E-state index in [1.54, 1.807) is 4.68 Å². The van der Waals surface area contributed by atoms with Crippen LogP contribution >= 0.6 is 0 Å². The summed E-state index contributed by atoms with van der Waals surface area (Å²) in [6.45, 7) is 4.50. The van der Waals surface area contributed by atoms with E-state index in [0.29, 0.717) is 24.3 Å². The van der Waals surface area contributed by atoms with E-state index in [9.17, 15) is 4.79 Å². The Hall–Kier alpha value is -1.32. The summed E-state index contributed by atoms with van der Waals surface area (Å²) < 4.78 is 1.78. The topological polar surface area (TPSA) is 46.9 Å². The van der Waals surface area contributed by atoms with Crippen LogP contribution in [-0.2, 0) is 18.3 Å². The van der Waals surface area contributed by atoms with Gasteiger partial charge in [0, 0.05) is 25.7 Å². The van der Waals surface area contributed by atoms with Crippen LogP contribution in [0, 0.1) is 11.8 Å². The van der Waals surface area contributed by atoms with Gasteiger partial charge in [-0.15, -0.1) is 0 Å². The molecule has 0 saturated heterocycles. The Morgan fingerprint density at radius 3 is 2.68 bits per heavy atom. The standard InChI is InChI=1S/C15H25N3O/c1-11-5-4-6-12(2)15(11)17-14(19)8-7-13-9-16-18(3)10-13/h9-12,15H,4-8H2,1-3H3,(H,17,19)/t11-,12-/m1/s1. The van der Waals surface area contributed by atoms with Crippen LogP contribution in [0.3, 0.4) is 0 Å². The van der Waals surface area contributed by atoms with Gasteiger partial charge in [0.2, 0.25) is 5.91 Å². The lowest BCUT2D eigenvalue weighted by Gasteiger charge is -2.35. The average molecular weight is 263 g/mol. The van der Waals surface area contributed by atoms with Crippen molar-refractivity contribution >= 4 is 5.91 Å². The van der Waals surface area contributed by atoms with Crippen LogP contribution in [0.5, 0.6) is 0 Å². The van der Waals surface area contributed by atoms with Gasteiger partial charge in [0.15, 0.2) is 0 Å². The van der Waals surface area contributed by atoms with E-state index in [0.717, 1.165) is 12.0 Å². The number of carbonyl (C=O) groups excluding carboxylic acids is 1. The van der Waals surface area contributed by atoms with Crippen LogP contribution in [0.25, 0.3) is 0 Å². The van der Waals surface area contributed by atoms with Crippen molar-refractivity contribution in [2.75, 3.05) is 0 Å². The van der Waals surface area contributed by atoms with Gasteiger partial charge in [-0.1, -0.05) is 20.3 Å². The van der Waals surface area contributed by atoms with E-state index in [1.807, 2.05) is 19.4 Å². The van der Waals surface area contributed by atoms with Crippen LogP contribution in [0.2, 0.25) is 0 Å². The third kappa shape index (κ3) is 3.82. The third-order valence-corrected chi connectivity index (χ3v) is 4.27. The summed E-state index contributed by atoms with van der Waals surface area (Å²) in [6, 6.07) is 0.357. The first-order valence-electron chi connectivity index (χ1n) is 7.33. The van der Waals surface area contributed by atoms with Crippen LogP contribution in [0.15, 0.2) is 12.4 Å². The van der Waals surface area contributed by atoms with Gasteiger partial charge in [-0.2, -0.15) is 5.10 Å². The molecule has 0 unspecified atom stereocenters. The Morgan fingerprint density at radius 2 is 2.11 bits per heavy atom. The van der Waals surface area contributed by atoms with Gasteiger partial charge >= 0.3 is 0 Å². The highest BCUT2D eigenvalue weighted by molar-refractivity contribution is 5.76. The molecule has 1 amide bonds. The third-order valence-electron chi connectivity index (χ3n) is 4.27. The lowest BCUT2D eigenvalue weighted by molar-refractivity contribution is -0.122. The number of carbonyl (C=O) groups is 1. The highest BCUT2D eigenvalue weighted by atomic mass is 16.1. The number of nitrogens with one attached hydrogen (secondary N) is 1. The molecule has 1 saturated carbocycles. The second-order valence-electron chi connectivity index (χ2n) is 6.00. The van der Waals surface area contributed by atoms with Crippen molar-refractivity contribution in [3.8, 4) is 0 Å². The molecule has 2 atom stereocenters. The van der Waals surface area contributed by atoms with Crippen LogP contribution in [0.1, 0.15) is 45.1 Å². The van der Waals surface area contributed by atoms with Crippen molar-refractivity contribution in [2.24, 2.45) is 18.9 Å². The molecule has 1 aromatic rings. The van der Waals surface area contributed by atoms with Crippen molar-refractivity contribution < 1.29 is 4.79 Å². The molecule has 2 rings (SSSR count). The molecule has 0 aromatic carbocycles. The van der Waals surface area contributed by atoms with Crippen molar-refractivity contribution in [1.29, 1.82) is 0 Å². The number of aromatic nitrogens is 2. The van der Waals surface area contributed by atoms with Crippen molar-refractivity contribution in [2.45, 2.75) is 52.0 Å². The molecule has 0 bridgehead atoms. The maximum absolute atomic E-state index is 12.0. The summed E-state index contributed by atoms with van der Waals surface area (Å²) in [5.41, 5.74) is 1.13. The average Bonchev–Trinajstić information content (AvgIpc) is 2.77. The molecule has 1 N–H and O–H groups in total. The molecule has 0 aliphatic heterocycles. The highest BCUT2D eigenvalue weighted by Gasteiger charge is 2.28. The predicted octanol–water partition coefficient (Wildman–Crippen LogP) is 2.29. The van der Waals surface area contributed by atoms with Crippen LogP contribution < -0.4 is 5.32 Å². The fourth-order valence-corrected chi connectivity index (χ4v) is 3.08. The molecule has 106 valence electrons. The van der Waals surface area contributed by atoms with E-state index in [2.05, 4.69) is 24.3 Å². The summed E-state index contributed by atoms with van der Waals surface area (Å²) in [6.07, 6.45) is 8.90. The molecule has 1 aliphatic rings. The Balaban J connectivity index is 1.80. The minimum absolute atomic E-state index is 0.175. The molecule has 1 fully saturated rings. The maximum Gasteiger partial charge on any atom is 0.220 e. The first-order valence-corrected chi connectivity index (χ1v) is 7.33. The Kier molecular flexibility index (Phi) is 4.61. The number of amides is 1. The minimum Gasteiger partial charge on any atom is -0.353 e. The monoisotopic (exact) mass is 263 g/mol. The number of nitrogens with zero attached hydrogens (tertiary/aromatic N) is 2. The summed E-state index contributed by atoms with van der Waals surface area (Å²) >= 11 is 0. The van der Waals surface area contributed by atoms with E-state index >= 15 is 0 Å². The lowest BCUT2D eigenvalue weighted by Crippen LogP contribution is -2.45. The number of rotatable bonds is 4. The Labute approximate surface area is 115 Å². The fraction of sp³-hybridized carbons (Fsp3) is 0.733. The number of hydrogen-bond acceptors (Lipinski definition) is 2. The molecule has 4 nitrogen and oxygen atoms in total. The summed E-state index contributed by atoms with van der Waals surface area (Å²) in [7, 11) is 1.90. The molecule has 0 radical (unpaired) electrons. The maximum atomic E-state index is 12.0. The quantitative estimate of drug-likeness (QED) is 0.906. The summed E-state index contributed by atoms with van der Waals surface area (Å²) in [5, 5.41) is 7.35. The minimum atomic E-state index is 0.175. The van der Waals surface area contributed by atoms with Gasteiger partial charge in [0.25, 0.3) is 0 Å². The van der Waals surface area contributed by atoms with E-state index in [4.69, 9.17) is 0 Å². The molecule has 0 spiro atoms.